The molecule has 2 atom stereocenters. The first kappa shape index (κ1) is 25.0. The predicted octanol–water partition coefficient (Wildman–Crippen LogP) is 5.61. The van der Waals surface area contributed by atoms with Crippen LogP contribution in [-0.4, -0.2) is 27.7 Å². The summed E-state index contributed by atoms with van der Waals surface area (Å²) in [6, 6.07) is 10.4. The summed E-state index contributed by atoms with van der Waals surface area (Å²) in [5.41, 5.74) is 3.47. The van der Waals surface area contributed by atoms with Crippen molar-refractivity contribution in [3.63, 3.8) is 0 Å². The number of halogens is 6. The zero-order valence-corrected chi connectivity index (χ0v) is 18.3. The molecule has 188 valence electrons. The average molecular weight is 500 g/mol. The molecule has 1 aromatic heterocycles. The molecular weight excluding hydrogens is 478 g/mol. The van der Waals surface area contributed by atoms with Crippen molar-refractivity contribution in [2.75, 3.05) is 12.3 Å². The van der Waals surface area contributed by atoms with Crippen LogP contribution in [0, 0.1) is 0 Å². The van der Waals surface area contributed by atoms with Crippen LogP contribution < -0.4 is 5.73 Å². The first-order valence-electron chi connectivity index (χ1n) is 10.8. The third-order valence-electron chi connectivity index (χ3n) is 5.75. The van der Waals surface area contributed by atoms with Crippen molar-refractivity contribution in [1.29, 1.82) is 0 Å². The van der Waals surface area contributed by atoms with Gasteiger partial charge in [-0.05, 0) is 53.9 Å². The van der Waals surface area contributed by atoms with Crippen molar-refractivity contribution in [2.45, 2.75) is 50.5 Å². The van der Waals surface area contributed by atoms with Crippen LogP contribution in [0.1, 0.15) is 47.0 Å². The highest BCUT2D eigenvalue weighted by molar-refractivity contribution is 5.33. The Morgan fingerprint density at radius 3 is 2.23 bits per heavy atom. The fourth-order valence-electron chi connectivity index (χ4n) is 4.27. The van der Waals surface area contributed by atoms with Gasteiger partial charge in [-0.15, -0.1) is 0 Å². The SMILES string of the molecule is Nc1noc(CN2CCCC(OCc3cc(C(F)(F)F)cc(C(F)(F)F)c3)C2c2ccccc2)n1. The molecule has 2 heterocycles. The quantitative estimate of drug-likeness (QED) is 0.444. The summed E-state index contributed by atoms with van der Waals surface area (Å²) in [7, 11) is 0. The topological polar surface area (TPSA) is 77.4 Å². The number of benzene rings is 2. The van der Waals surface area contributed by atoms with Crippen molar-refractivity contribution in [1.82, 2.24) is 15.0 Å². The largest absolute Gasteiger partial charge is 0.416 e. The van der Waals surface area contributed by atoms with Crippen molar-refractivity contribution >= 4 is 5.95 Å². The van der Waals surface area contributed by atoms with Gasteiger partial charge in [0.1, 0.15) is 0 Å². The third-order valence-corrected chi connectivity index (χ3v) is 5.75. The molecule has 35 heavy (non-hydrogen) atoms. The zero-order valence-electron chi connectivity index (χ0n) is 18.3. The van der Waals surface area contributed by atoms with E-state index in [9.17, 15) is 26.3 Å². The molecule has 2 unspecified atom stereocenters. The summed E-state index contributed by atoms with van der Waals surface area (Å²) in [6.45, 7) is 0.483. The molecular formula is C23H22F6N4O2. The number of ether oxygens (including phenoxy) is 1. The molecule has 0 bridgehead atoms. The van der Waals surface area contributed by atoms with Crippen molar-refractivity contribution in [3.05, 3.63) is 76.7 Å². The van der Waals surface area contributed by atoms with Crippen molar-refractivity contribution in [3.8, 4) is 0 Å². The number of nitrogens with zero attached hydrogens (tertiary/aromatic N) is 3. The highest BCUT2D eigenvalue weighted by Crippen LogP contribution is 2.38. The van der Waals surface area contributed by atoms with E-state index in [1.807, 2.05) is 35.2 Å². The molecule has 0 spiro atoms. The normalized spacial score (nSPS) is 19.7. The monoisotopic (exact) mass is 500 g/mol. The summed E-state index contributed by atoms with van der Waals surface area (Å²) in [5, 5.41) is 3.58. The predicted molar refractivity (Wildman–Crippen MR) is 113 cm³/mol. The fraction of sp³-hybridized carbons (Fsp3) is 0.391. The first-order valence-corrected chi connectivity index (χ1v) is 10.8. The van der Waals surface area contributed by atoms with E-state index in [1.54, 1.807) is 0 Å². The van der Waals surface area contributed by atoms with Crippen molar-refractivity contribution < 1.29 is 35.6 Å². The lowest BCUT2D eigenvalue weighted by Crippen LogP contribution is -2.42. The maximum atomic E-state index is 13.2. The average Bonchev–Trinajstić information content (AvgIpc) is 3.21. The Balaban J connectivity index is 1.59. The van der Waals surface area contributed by atoms with E-state index >= 15 is 0 Å². The molecule has 0 radical (unpaired) electrons. The Hall–Kier alpha value is -3.12. The Bertz CT molecular complexity index is 1100. The highest BCUT2D eigenvalue weighted by atomic mass is 19.4. The summed E-state index contributed by atoms with van der Waals surface area (Å²) < 4.78 is 90.5. The number of hydrogen-bond donors (Lipinski definition) is 1. The van der Waals surface area contributed by atoms with Crippen LogP contribution in [0.25, 0.3) is 0 Å². The van der Waals surface area contributed by atoms with Gasteiger partial charge in [0.15, 0.2) is 0 Å². The molecule has 1 saturated heterocycles. The molecule has 0 saturated carbocycles. The minimum absolute atomic E-state index is 0.00825. The number of alkyl halides is 6. The second-order valence-corrected chi connectivity index (χ2v) is 8.28. The summed E-state index contributed by atoms with van der Waals surface area (Å²) >= 11 is 0. The Morgan fingerprint density at radius 1 is 1.00 bits per heavy atom. The van der Waals surface area contributed by atoms with E-state index in [1.165, 1.54) is 0 Å². The Morgan fingerprint density at radius 2 is 1.66 bits per heavy atom. The van der Waals surface area contributed by atoms with Crippen LogP contribution in [0.2, 0.25) is 0 Å². The molecule has 2 N–H and O–H groups in total. The lowest BCUT2D eigenvalue weighted by Gasteiger charge is -2.40. The number of nitrogens with two attached hydrogens (primary N) is 1. The molecule has 1 aliphatic heterocycles. The second-order valence-electron chi connectivity index (χ2n) is 8.28. The van der Waals surface area contributed by atoms with Crippen LogP contribution in [0.3, 0.4) is 0 Å². The van der Waals surface area contributed by atoms with Crippen LogP contribution in [-0.2, 0) is 30.2 Å². The Kier molecular flexibility index (Phi) is 7.04. The van der Waals surface area contributed by atoms with Gasteiger partial charge >= 0.3 is 12.4 Å². The van der Waals surface area contributed by atoms with Crippen LogP contribution in [0.15, 0.2) is 53.1 Å². The van der Waals surface area contributed by atoms with Crippen LogP contribution in [0.4, 0.5) is 32.3 Å². The lowest BCUT2D eigenvalue weighted by atomic mass is 9.92. The standard InChI is InChI=1S/C23H22F6N4O2/c24-22(25,26)16-9-14(10-17(11-16)23(27,28)29)13-34-18-7-4-8-33(12-19-31-21(30)32-35-19)20(18)15-5-2-1-3-6-15/h1-3,5-6,9-11,18,20H,4,7-8,12-13H2,(H2,30,32). The number of anilines is 1. The molecule has 2 aromatic carbocycles. The van der Waals surface area contributed by atoms with E-state index in [0.717, 1.165) is 5.56 Å². The van der Waals surface area contributed by atoms with E-state index in [-0.39, 0.29) is 36.1 Å². The molecule has 4 rings (SSSR count). The van der Waals surface area contributed by atoms with E-state index in [2.05, 4.69) is 10.1 Å². The summed E-state index contributed by atoms with van der Waals surface area (Å²) in [6.07, 6.45) is -9.09. The summed E-state index contributed by atoms with van der Waals surface area (Å²) in [5.74, 6) is 0.280. The van der Waals surface area contributed by atoms with E-state index < -0.39 is 36.2 Å². The first-order chi connectivity index (χ1) is 16.5. The van der Waals surface area contributed by atoms with Crippen LogP contribution >= 0.6 is 0 Å². The fourth-order valence-corrected chi connectivity index (χ4v) is 4.27. The lowest BCUT2D eigenvalue weighted by molar-refractivity contribution is -0.143. The third kappa shape index (κ3) is 6.12. The molecule has 0 amide bonds. The number of rotatable bonds is 6. The van der Waals surface area contributed by atoms with Gasteiger partial charge in [-0.25, -0.2) is 0 Å². The molecule has 6 nitrogen and oxygen atoms in total. The van der Waals surface area contributed by atoms with Gasteiger partial charge in [0.25, 0.3) is 5.95 Å². The van der Waals surface area contributed by atoms with Gasteiger partial charge in [0, 0.05) is 0 Å². The number of piperidine rings is 1. The van der Waals surface area contributed by atoms with Gasteiger partial charge < -0.3 is 15.0 Å². The minimum Gasteiger partial charge on any atom is -0.372 e. The maximum absolute atomic E-state index is 13.2. The van der Waals surface area contributed by atoms with Gasteiger partial charge in [-0.1, -0.05) is 30.3 Å². The van der Waals surface area contributed by atoms with E-state index in [4.69, 9.17) is 15.0 Å². The molecule has 12 heteroatoms. The van der Waals surface area contributed by atoms with E-state index in [0.29, 0.717) is 31.5 Å². The second kappa shape index (κ2) is 9.86. The number of hydrogen-bond acceptors (Lipinski definition) is 6. The smallest absolute Gasteiger partial charge is 0.372 e. The van der Waals surface area contributed by atoms with Gasteiger partial charge in [-0.3, -0.25) is 4.90 Å². The zero-order chi connectivity index (χ0) is 25.2. The van der Waals surface area contributed by atoms with Gasteiger partial charge in [0.2, 0.25) is 5.89 Å². The molecule has 1 fully saturated rings. The molecule has 1 aliphatic rings. The Labute approximate surface area is 196 Å². The van der Waals surface area contributed by atoms with Gasteiger partial charge in [-0.2, -0.15) is 31.3 Å². The molecule has 3 aromatic rings. The summed E-state index contributed by atoms with van der Waals surface area (Å²) in [4.78, 5) is 6.04. The number of aromatic nitrogens is 2. The maximum Gasteiger partial charge on any atom is 0.416 e. The molecule has 0 aliphatic carbocycles. The minimum atomic E-state index is -4.92. The van der Waals surface area contributed by atoms with Crippen LogP contribution in [0.5, 0.6) is 0 Å². The highest BCUT2D eigenvalue weighted by Gasteiger charge is 2.38. The van der Waals surface area contributed by atoms with Crippen molar-refractivity contribution in [2.24, 2.45) is 0 Å². The number of likely N-dealkylation sites (tertiary alicyclic amines) is 1. The van der Waals surface area contributed by atoms with Gasteiger partial charge in [0.05, 0.1) is 36.4 Å². The number of nitrogen functional groups attached to an aromatic ring is 1.